The molecule has 1 unspecified atom stereocenters. The van der Waals surface area contributed by atoms with Crippen LogP contribution in [0.3, 0.4) is 0 Å². The van der Waals surface area contributed by atoms with Crippen LogP contribution in [-0.2, 0) is 4.79 Å². The summed E-state index contributed by atoms with van der Waals surface area (Å²) in [6.45, 7) is 2.78. The highest BCUT2D eigenvalue weighted by Crippen LogP contribution is 2.23. The lowest BCUT2D eigenvalue weighted by atomic mass is 9.88. The van der Waals surface area contributed by atoms with Gasteiger partial charge in [-0.1, -0.05) is 19.3 Å². The lowest BCUT2D eigenvalue weighted by Crippen LogP contribution is -2.38. The predicted octanol–water partition coefficient (Wildman–Crippen LogP) is 1.81. The van der Waals surface area contributed by atoms with Crippen LogP contribution in [0.15, 0.2) is 0 Å². The van der Waals surface area contributed by atoms with E-state index < -0.39 is 0 Å². The number of nitrogens with one attached hydrogen (secondary N) is 1. The number of nitrogens with two attached hydrogens (primary N) is 1. The Bertz CT molecular complexity index is 188. The number of hydrogen-bond donors (Lipinski definition) is 2. The van der Waals surface area contributed by atoms with Gasteiger partial charge in [0.2, 0.25) is 5.91 Å². The Morgan fingerprint density at radius 2 is 2.07 bits per heavy atom. The molecule has 1 aliphatic rings. The van der Waals surface area contributed by atoms with E-state index >= 15 is 0 Å². The van der Waals surface area contributed by atoms with E-state index in [0.29, 0.717) is 6.54 Å². The van der Waals surface area contributed by atoms with Crippen molar-refractivity contribution in [2.75, 3.05) is 6.54 Å². The van der Waals surface area contributed by atoms with E-state index in [4.69, 9.17) is 5.73 Å². The molecule has 3 N–H and O–H groups in total. The molecule has 0 aromatic rings. The Balaban J connectivity index is 2.21. The smallest absolute Gasteiger partial charge is 0.223 e. The zero-order valence-corrected chi connectivity index (χ0v) is 9.80. The van der Waals surface area contributed by atoms with Gasteiger partial charge in [0.15, 0.2) is 0 Å². The van der Waals surface area contributed by atoms with Crippen LogP contribution in [0.5, 0.6) is 0 Å². The number of carbonyl (C=O) groups is 1. The number of hydrogen-bond acceptors (Lipinski definition) is 2. The van der Waals surface area contributed by atoms with Crippen LogP contribution in [0.25, 0.3) is 0 Å². The summed E-state index contributed by atoms with van der Waals surface area (Å²) in [5.74, 6) is 0.540. The molecule has 3 heteroatoms. The van der Waals surface area contributed by atoms with Crippen molar-refractivity contribution in [2.24, 2.45) is 11.7 Å². The predicted molar refractivity (Wildman–Crippen MR) is 62.5 cm³/mol. The molecule has 0 aliphatic heterocycles. The molecule has 0 heterocycles. The standard InChI is InChI=1S/C12H24N2O/c1-10(6-5-9-13)14-12(15)11-7-3-2-4-8-11/h10-11H,2-9,13H2,1H3,(H,14,15). The van der Waals surface area contributed by atoms with Crippen molar-refractivity contribution < 1.29 is 4.79 Å². The van der Waals surface area contributed by atoms with Gasteiger partial charge in [-0.25, -0.2) is 0 Å². The molecular weight excluding hydrogens is 188 g/mol. The molecule has 88 valence electrons. The van der Waals surface area contributed by atoms with E-state index in [0.717, 1.165) is 25.7 Å². The van der Waals surface area contributed by atoms with Gasteiger partial charge in [0.05, 0.1) is 0 Å². The second kappa shape index (κ2) is 6.83. The maximum Gasteiger partial charge on any atom is 0.223 e. The van der Waals surface area contributed by atoms with E-state index in [1.165, 1.54) is 19.3 Å². The fraction of sp³-hybridized carbons (Fsp3) is 0.917. The van der Waals surface area contributed by atoms with Crippen LogP contribution in [-0.4, -0.2) is 18.5 Å². The topological polar surface area (TPSA) is 55.1 Å². The van der Waals surface area contributed by atoms with Gasteiger partial charge in [-0.2, -0.15) is 0 Å². The first-order valence-corrected chi connectivity index (χ1v) is 6.24. The summed E-state index contributed by atoms with van der Waals surface area (Å²) in [6.07, 6.45) is 7.88. The van der Waals surface area contributed by atoms with Crippen molar-refractivity contribution in [3.63, 3.8) is 0 Å². The van der Waals surface area contributed by atoms with Gasteiger partial charge in [-0.3, -0.25) is 4.79 Å². The summed E-state index contributed by atoms with van der Waals surface area (Å²) in [5.41, 5.74) is 5.44. The number of carbonyl (C=O) groups excluding carboxylic acids is 1. The molecule has 0 aromatic carbocycles. The Morgan fingerprint density at radius 1 is 1.40 bits per heavy atom. The van der Waals surface area contributed by atoms with Crippen LogP contribution in [0.4, 0.5) is 0 Å². The molecule has 3 nitrogen and oxygen atoms in total. The first kappa shape index (κ1) is 12.5. The third kappa shape index (κ3) is 4.65. The van der Waals surface area contributed by atoms with Crippen molar-refractivity contribution in [3.05, 3.63) is 0 Å². The minimum atomic E-state index is 0.263. The monoisotopic (exact) mass is 212 g/mol. The summed E-state index contributed by atoms with van der Waals surface area (Å²) in [5, 5.41) is 3.09. The molecule has 0 spiro atoms. The molecule has 15 heavy (non-hydrogen) atoms. The fourth-order valence-electron chi connectivity index (χ4n) is 2.22. The highest BCUT2D eigenvalue weighted by Gasteiger charge is 2.21. The first-order chi connectivity index (χ1) is 7.24. The molecule has 1 atom stereocenters. The number of amides is 1. The van der Waals surface area contributed by atoms with Gasteiger partial charge in [0.25, 0.3) is 0 Å². The van der Waals surface area contributed by atoms with Crippen LogP contribution in [0.1, 0.15) is 51.9 Å². The zero-order chi connectivity index (χ0) is 11.1. The Hall–Kier alpha value is -0.570. The second-order valence-electron chi connectivity index (χ2n) is 4.68. The fourth-order valence-corrected chi connectivity index (χ4v) is 2.22. The van der Waals surface area contributed by atoms with E-state index in [9.17, 15) is 4.79 Å². The molecule has 1 rings (SSSR count). The molecule has 1 aliphatic carbocycles. The van der Waals surface area contributed by atoms with Gasteiger partial charge < -0.3 is 11.1 Å². The van der Waals surface area contributed by atoms with Crippen molar-refractivity contribution in [3.8, 4) is 0 Å². The highest BCUT2D eigenvalue weighted by atomic mass is 16.1. The van der Waals surface area contributed by atoms with Crippen molar-refractivity contribution in [1.29, 1.82) is 0 Å². The lowest BCUT2D eigenvalue weighted by Gasteiger charge is -2.23. The summed E-state index contributed by atoms with van der Waals surface area (Å²) in [7, 11) is 0. The van der Waals surface area contributed by atoms with Crippen molar-refractivity contribution >= 4 is 5.91 Å². The van der Waals surface area contributed by atoms with Crippen LogP contribution in [0.2, 0.25) is 0 Å². The molecule has 0 saturated heterocycles. The zero-order valence-electron chi connectivity index (χ0n) is 9.80. The van der Waals surface area contributed by atoms with Gasteiger partial charge in [0.1, 0.15) is 0 Å². The van der Waals surface area contributed by atoms with Gasteiger partial charge in [0, 0.05) is 12.0 Å². The average molecular weight is 212 g/mol. The summed E-state index contributed by atoms with van der Waals surface area (Å²) in [4.78, 5) is 11.8. The molecule has 1 amide bonds. The Kier molecular flexibility index (Phi) is 5.69. The third-order valence-corrected chi connectivity index (χ3v) is 3.21. The molecular formula is C12H24N2O. The van der Waals surface area contributed by atoms with Crippen LogP contribution < -0.4 is 11.1 Å². The van der Waals surface area contributed by atoms with E-state index in [2.05, 4.69) is 12.2 Å². The van der Waals surface area contributed by atoms with Crippen molar-refractivity contribution in [1.82, 2.24) is 5.32 Å². The maximum atomic E-state index is 11.8. The molecule has 1 saturated carbocycles. The van der Waals surface area contributed by atoms with Gasteiger partial charge in [-0.15, -0.1) is 0 Å². The second-order valence-corrected chi connectivity index (χ2v) is 4.68. The largest absolute Gasteiger partial charge is 0.353 e. The molecule has 0 bridgehead atoms. The average Bonchev–Trinajstić information content (AvgIpc) is 2.27. The third-order valence-electron chi connectivity index (χ3n) is 3.21. The van der Waals surface area contributed by atoms with E-state index in [1.807, 2.05) is 0 Å². The normalized spacial score (nSPS) is 19.9. The summed E-state index contributed by atoms with van der Waals surface area (Å²) in [6, 6.07) is 0.281. The lowest BCUT2D eigenvalue weighted by molar-refractivity contribution is -0.126. The molecule has 0 radical (unpaired) electrons. The van der Waals surface area contributed by atoms with E-state index in [-0.39, 0.29) is 17.9 Å². The van der Waals surface area contributed by atoms with Gasteiger partial charge in [-0.05, 0) is 39.2 Å². The minimum absolute atomic E-state index is 0.263. The minimum Gasteiger partial charge on any atom is -0.353 e. The quantitative estimate of drug-likeness (QED) is 0.730. The van der Waals surface area contributed by atoms with Crippen molar-refractivity contribution in [2.45, 2.75) is 57.9 Å². The molecule has 1 fully saturated rings. The number of rotatable bonds is 5. The Labute approximate surface area is 92.8 Å². The van der Waals surface area contributed by atoms with Crippen LogP contribution in [0, 0.1) is 5.92 Å². The summed E-state index contributed by atoms with van der Waals surface area (Å²) < 4.78 is 0. The summed E-state index contributed by atoms with van der Waals surface area (Å²) >= 11 is 0. The SMILES string of the molecule is CC(CCCN)NC(=O)C1CCCCC1. The van der Waals surface area contributed by atoms with E-state index in [1.54, 1.807) is 0 Å². The maximum absolute atomic E-state index is 11.8. The Morgan fingerprint density at radius 3 is 2.67 bits per heavy atom. The van der Waals surface area contributed by atoms with Gasteiger partial charge >= 0.3 is 0 Å². The van der Waals surface area contributed by atoms with Crippen LogP contribution >= 0.6 is 0 Å². The molecule has 0 aromatic heterocycles. The highest BCUT2D eigenvalue weighted by molar-refractivity contribution is 5.78. The first-order valence-electron chi connectivity index (χ1n) is 6.24.